The molecular weight excluding hydrogens is 502 g/mol. The molecule has 0 spiro atoms. The van der Waals surface area contributed by atoms with Crippen molar-refractivity contribution in [2.24, 2.45) is 10.9 Å². The first-order valence-corrected chi connectivity index (χ1v) is 13.7. The number of fused-ring (bicyclic) bond motifs is 3. The molecule has 0 fully saturated rings. The van der Waals surface area contributed by atoms with Gasteiger partial charge in [0, 0.05) is 11.1 Å². The Morgan fingerprint density at radius 3 is 2.11 bits per heavy atom. The molecule has 0 saturated carbocycles. The van der Waals surface area contributed by atoms with Gasteiger partial charge in [0.2, 0.25) is 10.0 Å². The Kier molecular flexibility index (Phi) is 5.47. The van der Waals surface area contributed by atoms with E-state index in [0.717, 1.165) is 5.56 Å². The zero-order valence-corrected chi connectivity index (χ0v) is 20.6. The van der Waals surface area contributed by atoms with E-state index < -0.39 is 26.0 Å². The second-order valence-electron chi connectivity index (χ2n) is 8.33. The summed E-state index contributed by atoms with van der Waals surface area (Å²) in [6.45, 7) is 1.69. The van der Waals surface area contributed by atoms with Crippen molar-refractivity contribution in [1.82, 2.24) is 9.78 Å². The third-order valence-electron chi connectivity index (χ3n) is 5.97. The van der Waals surface area contributed by atoms with Gasteiger partial charge in [0.1, 0.15) is 0 Å². The van der Waals surface area contributed by atoms with Crippen LogP contribution in [0.15, 0.2) is 82.6 Å². The van der Waals surface area contributed by atoms with Crippen LogP contribution in [-0.4, -0.2) is 32.5 Å². The van der Waals surface area contributed by atoms with E-state index in [9.17, 15) is 21.6 Å². The lowest BCUT2D eigenvalue weighted by molar-refractivity contribution is 0.0994. The number of nitrogens with zero attached hydrogens (tertiary/aromatic N) is 3. The van der Waals surface area contributed by atoms with Gasteiger partial charge in [-0.15, -0.1) is 0 Å². The molecule has 2 heterocycles. The molecule has 1 aliphatic heterocycles. The number of aryl methyl sites for hydroxylation is 1. The van der Waals surface area contributed by atoms with Crippen molar-refractivity contribution in [1.29, 1.82) is 0 Å². The molecule has 0 atom stereocenters. The Bertz CT molecular complexity index is 1730. The Labute approximate surface area is 207 Å². The number of para-hydroxylation sites is 1. The maximum absolute atomic E-state index is 13.7. The Balaban J connectivity index is 1.72. The molecule has 0 unspecified atom stereocenters. The molecule has 4 aromatic rings. The van der Waals surface area contributed by atoms with Crippen LogP contribution in [0.3, 0.4) is 0 Å². The number of hydrogen-bond donors (Lipinski definition) is 2. The number of carbonyl (C=O) groups excluding carboxylic acids is 1. The van der Waals surface area contributed by atoms with Gasteiger partial charge in [-0.1, -0.05) is 35.9 Å². The van der Waals surface area contributed by atoms with E-state index >= 15 is 0 Å². The molecule has 10 nitrogen and oxygen atoms in total. The van der Waals surface area contributed by atoms with Crippen LogP contribution in [-0.2, 0) is 26.6 Å². The lowest BCUT2D eigenvalue weighted by Crippen LogP contribution is -2.34. The van der Waals surface area contributed by atoms with Crippen LogP contribution in [0.1, 0.15) is 21.6 Å². The van der Waals surface area contributed by atoms with Crippen molar-refractivity contribution in [2.75, 3.05) is 4.31 Å². The van der Waals surface area contributed by atoms with Gasteiger partial charge in [0.05, 0.1) is 33.4 Å². The van der Waals surface area contributed by atoms with Crippen molar-refractivity contribution in [2.45, 2.75) is 23.3 Å². The summed E-state index contributed by atoms with van der Waals surface area (Å²) in [5.74, 6) is -0.821. The van der Waals surface area contributed by atoms with E-state index in [1.807, 2.05) is 6.92 Å². The lowest BCUT2D eigenvalue weighted by atomic mass is 9.99. The smallest absolute Gasteiger partial charge is 0.269 e. The predicted octanol–water partition coefficient (Wildman–Crippen LogP) is 2.30. The average Bonchev–Trinajstić information content (AvgIpc) is 3.24. The van der Waals surface area contributed by atoms with Crippen molar-refractivity contribution >= 4 is 31.6 Å². The highest BCUT2D eigenvalue weighted by molar-refractivity contribution is 7.92. The number of rotatable bonds is 5. The third-order valence-corrected chi connectivity index (χ3v) is 8.67. The summed E-state index contributed by atoms with van der Waals surface area (Å²) in [6.07, 6.45) is 0. The van der Waals surface area contributed by atoms with Gasteiger partial charge in [-0.3, -0.25) is 9.10 Å². The minimum atomic E-state index is -3.99. The van der Waals surface area contributed by atoms with Crippen LogP contribution in [0.25, 0.3) is 16.9 Å². The number of nitrogens with two attached hydrogens (primary N) is 2. The quantitative estimate of drug-likeness (QED) is 0.408. The summed E-state index contributed by atoms with van der Waals surface area (Å²) in [7, 11) is -7.90. The van der Waals surface area contributed by atoms with Crippen molar-refractivity contribution in [3.05, 3.63) is 89.6 Å². The van der Waals surface area contributed by atoms with Gasteiger partial charge in [0.25, 0.3) is 15.9 Å². The fourth-order valence-electron chi connectivity index (χ4n) is 4.21. The van der Waals surface area contributed by atoms with Gasteiger partial charge < -0.3 is 5.73 Å². The second-order valence-corrected chi connectivity index (χ2v) is 11.8. The highest BCUT2D eigenvalue weighted by Gasteiger charge is 2.37. The number of hydrogen-bond acceptors (Lipinski definition) is 6. The Morgan fingerprint density at radius 2 is 1.50 bits per heavy atom. The molecule has 5 rings (SSSR count). The van der Waals surface area contributed by atoms with Crippen LogP contribution >= 0.6 is 0 Å². The molecule has 0 radical (unpaired) electrons. The largest absolute Gasteiger partial charge is 0.364 e. The fraction of sp³-hybridized carbons (Fsp3) is 0.0833. The number of sulfonamides is 2. The molecular formula is C24H21N5O5S2. The van der Waals surface area contributed by atoms with E-state index in [-0.39, 0.29) is 22.0 Å². The molecule has 36 heavy (non-hydrogen) atoms. The minimum Gasteiger partial charge on any atom is -0.364 e. The summed E-state index contributed by atoms with van der Waals surface area (Å²) < 4.78 is 53.4. The summed E-state index contributed by atoms with van der Waals surface area (Å²) in [5, 5.41) is 9.59. The van der Waals surface area contributed by atoms with Crippen molar-refractivity contribution < 1.29 is 21.6 Å². The van der Waals surface area contributed by atoms with Crippen molar-refractivity contribution in [3.63, 3.8) is 0 Å². The predicted molar refractivity (Wildman–Crippen MR) is 133 cm³/mol. The van der Waals surface area contributed by atoms with Gasteiger partial charge in [-0.2, -0.15) is 5.10 Å². The second kappa shape index (κ2) is 8.29. The first-order chi connectivity index (χ1) is 17.0. The maximum atomic E-state index is 13.7. The SMILES string of the molecule is Cc1ccc(S(=O)(=O)N2Cc3c(C(N)=O)nn(-c4ccc(S(N)(=O)=O)cc4)c3-c3ccccc32)cc1. The normalized spacial score (nSPS) is 13.2. The summed E-state index contributed by atoms with van der Waals surface area (Å²) in [5.41, 5.74) is 8.66. The third kappa shape index (κ3) is 3.85. The Morgan fingerprint density at radius 1 is 0.889 bits per heavy atom. The number of primary amides is 1. The number of benzene rings is 3. The topological polar surface area (TPSA) is 158 Å². The summed E-state index contributed by atoms with van der Waals surface area (Å²) in [4.78, 5) is 12.4. The van der Waals surface area contributed by atoms with Crippen LogP contribution in [0.4, 0.5) is 5.69 Å². The minimum absolute atomic E-state index is 0.0841. The molecule has 1 amide bonds. The molecule has 1 aromatic heterocycles. The van der Waals surface area contributed by atoms with Gasteiger partial charge in [-0.25, -0.2) is 26.7 Å². The van der Waals surface area contributed by atoms with E-state index in [0.29, 0.717) is 28.2 Å². The summed E-state index contributed by atoms with van der Waals surface area (Å²) >= 11 is 0. The molecule has 0 bridgehead atoms. The molecule has 4 N–H and O–H groups in total. The maximum Gasteiger partial charge on any atom is 0.269 e. The van der Waals surface area contributed by atoms with E-state index in [4.69, 9.17) is 10.9 Å². The molecule has 184 valence electrons. The number of amides is 1. The fourth-order valence-corrected chi connectivity index (χ4v) is 6.18. The van der Waals surface area contributed by atoms with Crippen LogP contribution in [0.2, 0.25) is 0 Å². The monoisotopic (exact) mass is 523 g/mol. The van der Waals surface area contributed by atoms with Crippen molar-refractivity contribution in [3.8, 4) is 16.9 Å². The number of aromatic nitrogens is 2. The zero-order chi connectivity index (χ0) is 25.8. The average molecular weight is 524 g/mol. The number of anilines is 1. The Hall–Kier alpha value is -4.00. The van der Waals surface area contributed by atoms with Gasteiger partial charge in [-0.05, 0) is 49.4 Å². The van der Waals surface area contributed by atoms with Gasteiger partial charge in [0.15, 0.2) is 5.69 Å². The van der Waals surface area contributed by atoms with E-state index in [1.54, 1.807) is 36.4 Å². The van der Waals surface area contributed by atoms with Crippen LogP contribution in [0.5, 0.6) is 0 Å². The molecule has 0 saturated heterocycles. The van der Waals surface area contributed by atoms with E-state index in [1.165, 1.54) is 45.4 Å². The highest BCUT2D eigenvalue weighted by atomic mass is 32.2. The highest BCUT2D eigenvalue weighted by Crippen LogP contribution is 2.43. The number of primary sulfonamides is 1. The lowest BCUT2D eigenvalue weighted by Gasteiger charge is -2.31. The van der Waals surface area contributed by atoms with E-state index in [2.05, 4.69) is 5.10 Å². The summed E-state index contributed by atoms with van der Waals surface area (Å²) in [6, 6.07) is 19.0. The zero-order valence-electron chi connectivity index (χ0n) is 19.0. The molecule has 0 aliphatic carbocycles. The molecule has 3 aromatic carbocycles. The van der Waals surface area contributed by atoms with Gasteiger partial charge >= 0.3 is 0 Å². The first-order valence-electron chi connectivity index (χ1n) is 10.7. The molecule has 1 aliphatic rings. The molecule has 12 heteroatoms. The van der Waals surface area contributed by atoms with Crippen LogP contribution in [0, 0.1) is 6.92 Å². The van der Waals surface area contributed by atoms with Crippen LogP contribution < -0.4 is 15.2 Å². The first kappa shape index (κ1) is 23.7. The standard InChI is InChI=1S/C24H21N5O5S2/c1-15-6-10-18(11-7-15)36(33,34)28-14-20-22(24(25)30)27-29(23(20)19-4-2-3-5-21(19)28)16-8-12-17(13-9-16)35(26,31)32/h2-13H,14H2,1H3,(H2,25,30)(H2,26,31,32). The number of carbonyl (C=O) groups is 1.